The number of nitrogens with one attached hydrogen (secondary N) is 1. The molecule has 1 heterocycles. The smallest absolute Gasteiger partial charge is 0.240 e. The van der Waals surface area contributed by atoms with Crippen LogP contribution < -0.4 is 9.88 Å². The maximum atomic E-state index is 12.8. The van der Waals surface area contributed by atoms with Gasteiger partial charge in [-0.2, -0.15) is 0 Å². The van der Waals surface area contributed by atoms with Crippen LogP contribution in [0.3, 0.4) is 0 Å². The van der Waals surface area contributed by atoms with Gasteiger partial charge < -0.3 is 5.32 Å². The fraction of sp³-hybridized carbons (Fsp3) is 0.0800. The zero-order valence-corrected chi connectivity index (χ0v) is 16.0. The number of benzene rings is 3. The molecule has 29 heavy (non-hydrogen) atoms. The first-order chi connectivity index (χ1) is 14.2. The van der Waals surface area contributed by atoms with Gasteiger partial charge in [0, 0.05) is 41.6 Å². The normalized spacial score (nSPS) is 15.3. The summed E-state index contributed by atoms with van der Waals surface area (Å²) in [5.74, 6) is -0.101. The van der Waals surface area contributed by atoms with Crippen molar-refractivity contribution in [3.63, 3.8) is 0 Å². The van der Waals surface area contributed by atoms with Crippen LogP contribution >= 0.6 is 0 Å². The summed E-state index contributed by atoms with van der Waals surface area (Å²) in [6.07, 6.45) is 3.96. The average molecular weight is 378 g/mol. The molecule has 5 rings (SSSR count). The van der Waals surface area contributed by atoms with E-state index in [1.807, 2.05) is 91.9 Å². The van der Waals surface area contributed by atoms with Crippen molar-refractivity contribution in [2.75, 3.05) is 5.32 Å². The van der Waals surface area contributed by atoms with E-state index in [0.717, 1.165) is 33.8 Å². The molecule has 140 valence electrons. The van der Waals surface area contributed by atoms with Crippen LogP contribution in [0, 0.1) is 5.92 Å². The molecule has 0 radical (unpaired) electrons. The Morgan fingerprint density at radius 1 is 0.897 bits per heavy atom. The second-order valence-electron chi connectivity index (χ2n) is 7.22. The monoisotopic (exact) mass is 378 g/mol. The number of carbonyl (C=O) groups is 1. The molecule has 1 aromatic heterocycles. The van der Waals surface area contributed by atoms with Gasteiger partial charge in [-0.15, -0.1) is 4.57 Å². The van der Waals surface area contributed by atoms with Gasteiger partial charge in [-0.05, 0) is 24.3 Å². The second kappa shape index (κ2) is 6.99. The molecular weight excluding hydrogens is 358 g/mol. The molecule has 0 fully saturated rings. The fourth-order valence-electron chi connectivity index (χ4n) is 3.70. The number of aromatic nitrogens is 2. The molecule has 1 N–H and O–H groups in total. The summed E-state index contributed by atoms with van der Waals surface area (Å²) >= 11 is 0. The summed E-state index contributed by atoms with van der Waals surface area (Å²) in [7, 11) is 0. The highest BCUT2D eigenvalue weighted by atomic mass is 16.1. The fourth-order valence-corrected chi connectivity index (χ4v) is 3.70. The summed E-state index contributed by atoms with van der Waals surface area (Å²) < 4.78 is 2.12. The van der Waals surface area contributed by atoms with Crippen molar-refractivity contribution in [2.45, 2.75) is 6.92 Å². The van der Waals surface area contributed by atoms with Gasteiger partial charge in [-0.3, -0.25) is 4.79 Å². The second-order valence-corrected chi connectivity index (χ2v) is 7.22. The van der Waals surface area contributed by atoms with Crippen LogP contribution in [0.4, 0.5) is 11.4 Å². The van der Waals surface area contributed by atoms with Gasteiger partial charge in [0.05, 0.1) is 0 Å². The van der Waals surface area contributed by atoms with Crippen LogP contribution in [-0.4, -0.2) is 10.8 Å². The first-order valence-electron chi connectivity index (χ1n) is 9.70. The lowest BCUT2D eigenvalue weighted by Gasteiger charge is -2.15. The number of Topliss-reactive ketones (excluding diaryl/α,β-unsaturated/α-hetero) is 1. The number of ketones is 1. The SMILES string of the molecule is CC1C=Cc2c(nc3ccc(Nc4ccccc4)cc3[n+]2-c2ccccc2)C1=O. The number of fused-ring (bicyclic) bond motifs is 2. The van der Waals surface area contributed by atoms with Crippen LogP contribution in [0.2, 0.25) is 0 Å². The van der Waals surface area contributed by atoms with Gasteiger partial charge in [-0.25, -0.2) is 4.98 Å². The maximum absolute atomic E-state index is 12.8. The minimum absolute atomic E-state index is 0.0561. The molecule has 1 atom stereocenters. The van der Waals surface area contributed by atoms with Crippen LogP contribution in [0.1, 0.15) is 23.1 Å². The summed E-state index contributed by atoms with van der Waals surface area (Å²) in [4.78, 5) is 17.5. The number of hydrogen-bond donors (Lipinski definition) is 1. The molecule has 1 unspecified atom stereocenters. The minimum Gasteiger partial charge on any atom is -0.355 e. The Labute approximate surface area is 169 Å². The predicted octanol–water partition coefficient (Wildman–Crippen LogP) is 5.10. The van der Waals surface area contributed by atoms with Crippen molar-refractivity contribution in [3.8, 4) is 5.69 Å². The van der Waals surface area contributed by atoms with Crippen LogP contribution in [0.25, 0.3) is 22.8 Å². The topological polar surface area (TPSA) is 45.9 Å². The molecule has 0 bridgehead atoms. The standard InChI is InChI=1S/C25H19N3O/c1-17-12-15-22-24(25(17)29)27-21-14-13-19(26-18-8-4-2-5-9-18)16-23(21)28(22)20-10-6-3-7-11-20/h2-17H,1H3/p+1. The van der Waals surface area contributed by atoms with Crippen molar-refractivity contribution in [2.24, 2.45) is 5.92 Å². The Hall–Kier alpha value is -3.79. The first-order valence-corrected chi connectivity index (χ1v) is 9.70. The van der Waals surface area contributed by atoms with E-state index < -0.39 is 0 Å². The third-order valence-corrected chi connectivity index (χ3v) is 5.20. The van der Waals surface area contributed by atoms with Crippen molar-refractivity contribution < 1.29 is 9.36 Å². The molecule has 0 amide bonds. The summed E-state index contributed by atoms with van der Waals surface area (Å²) in [5, 5.41) is 3.44. The number of hydrogen-bond acceptors (Lipinski definition) is 3. The molecule has 3 aromatic carbocycles. The maximum Gasteiger partial charge on any atom is 0.240 e. The molecule has 4 aromatic rings. The highest BCUT2D eigenvalue weighted by Gasteiger charge is 2.31. The molecule has 4 nitrogen and oxygen atoms in total. The van der Waals surface area contributed by atoms with Gasteiger partial charge in [0.15, 0.2) is 11.5 Å². The van der Waals surface area contributed by atoms with Gasteiger partial charge in [0.2, 0.25) is 16.9 Å². The highest BCUT2D eigenvalue weighted by Crippen LogP contribution is 2.26. The summed E-state index contributed by atoms with van der Waals surface area (Å²) in [5.41, 5.74) is 6.08. The predicted molar refractivity (Wildman–Crippen MR) is 116 cm³/mol. The average Bonchev–Trinajstić information content (AvgIpc) is 2.76. The number of carbonyl (C=O) groups excluding carboxylic acids is 1. The molecule has 4 heteroatoms. The van der Waals surface area contributed by atoms with Gasteiger partial charge in [0.1, 0.15) is 5.52 Å². The number of rotatable bonds is 3. The quantitative estimate of drug-likeness (QED) is 0.505. The van der Waals surface area contributed by atoms with E-state index in [9.17, 15) is 4.79 Å². The lowest BCUT2D eigenvalue weighted by molar-refractivity contribution is -0.570. The van der Waals surface area contributed by atoms with E-state index >= 15 is 0 Å². The Morgan fingerprint density at radius 2 is 1.62 bits per heavy atom. The Bertz CT molecular complexity index is 1250. The molecule has 1 aliphatic rings. The van der Waals surface area contributed by atoms with Crippen molar-refractivity contribution in [3.05, 3.63) is 96.3 Å². The largest absolute Gasteiger partial charge is 0.355 e. The Kier molecular flexibility index (Phi) is 4.17. The van der Waals surface area contributed by atoms with E-state index in [0.29, 0.717) is 5.69 Å². The van der Waals surface area contributed by atoms with Crippen LogP contribution in [0.5, 0.6) is 0 Å². The number of nitrogens with zero attached hydrogens (tertiary/aromatic N) is 2. The van der Waals surface area contributed by atoms with Crippen molar-refractivity contribution in [1.29, 1.82) is 0 Å². The molecule has 0 saturated carbocycles. The lowest BCUT2D eigenvalue weighted by Crippen LogP contribution is -2.39. The Morgan fingerprint density at radius 3 is 2.38 bits per heavy atom. The lowest BCUT2D eigenvalue weighted by atomic mass is 9.95. The number of para-hydroxylation sites is 2. The van der Waals surface area contributed by atoms with Gasteiger partial charge >= 0.3 is 0 Å². The van der Waals surface area contributed by atoms with Crippen molar-refractivity contribution >= 4 is 34.3 Å². The van der Waals surface area contributed by atoms with E-state index in [1.54, 1.807) is 0 Å². The molecule has 1 aliphatic carbocycles. The number of allylic oxidation sites excluding steroid dienone is 1. The van der Waals surface area contributed by atoms with E-state index in [2.05, 4.69) is 16.0 Å². The third kappa shape index (κ3) is 3.09. The molecular formula is C25H20N3O+. The molecule has 0 spiro atoms. The van der Waals surface area contributed by atoms with E-state index in [4.69, 9.17) is 4.98 Å². The van der Waals surface area contributed by atoms with Gasteiger partial charge in [-0.1, -0.05) is 49.4 Å². The molecule has 0 aliphatic heterocycles. The highest BCUT2D eigenvalue weighted by molar-refractivity contribution is 6.02. The van der Waals surface area contributed by atoms with E-state index in [-0.39, 0.29) is 11.7 Å². The molecule has 0 saturated heterocycles. The number of anilines is 2. The van der Waals surface area contributed by atoms with Crippen LogP contribution in [-0.2, 0) is 0 Å². The third-order valence-electron chi connectivity index (χ3n) is 5.20. The summed E-state index contributed by atoms with van der Waals surface area (Å²) in [6, 6.07) is 26.2. The zero-order chi connectivity index (χ0) is 19.8. The van der Waals surface area contributed by atoms with Crippen molar-refractivity contribution in [1.82, 2.24) is 4.98 Å². The van der Waals surface area contributed by atoms with Crippen LogP contribution in [0.15, 0.2) is 84.9 Å². The minimum atomic E-state index is -0.157. The van der Waals surface area contributed by atoms with E-state index in [1.165, 1.54) is 0 Å². The van der Waals surface area contributed by atoms with Gasteiger partial charge in [0.25, 0.3) is 0 Å². The zero-order valence-electron chi connectivity index (χ0n) is 16.0. The summed E-state index contributed by atoms with van der Waals surface area (Å²) in [6.45, 7) is 1.91. The first kappa shape index (κ1) is 17.3. The Balaban J connectivity index is 1.76.